The summed E-state index contributed by atoms with van der Waals surface area (Å²) in [4.78, 5) is 24.7. The molecule has 6 nitrogen and oxygen atoms in total. The molecule has 3 rings (SSSR count). The van der Waals surface area contributed by atoms with E-state index >= 15 is 0 Å². The van der Waals surface area contributed by atoms with Crippen molar-refractivity contribution in [3.8, 4) is 17.2 Å². The number of hydrogen-bond acceptors (Lipinski definition) is 5. The standard InChI is InChI=1S/C18H23NO5/c1-11(20)4-5-13(21)9-14-16-12(6-7-19(14)2)8-15-17(18(16)22-3)24-10-23-15/h8,14H,4-7,9-10H2,1-3H3/p+1/t14-/m0/s1. The number of hydrogen-bond donors (Lipinski definition) is 1. The zero-order chi connectivity index (χ0) is 17.3. The third kappa shape index (κ3) is 3.11. The van der Waals surface area contributed by atoms with Gasteiger partial charge in [0.05, 0.1) is 32.7 Å². The molecular formula is C18H24NO5+. The number of carbonyl (C=O) groups excluding carboxylic acids is 2. The van der Waals surface area contributed by atoms with Gasteiger partial charge >= 0.3 is 0 Å². The van der Waals surface area contributed by atoms with Crippen molar-refractivity contribution in [1.82, 2.24) is 0 Å². The number of carbonyl (C=O) groups is 2. The van der Waals surface area contributed by atoms with E-state index in [0.29, 0.717) is 36.5 Å². The van der Waals surface area contributed by atoms with Gasteiger partial charge in [-0.25, -0.2) is 0 Å². The van der Waals surface area contributed by atoms with E-state index in [1.54, 1.807) is 7.11 Å². The highest BCUT2D eigenvalue weighted by Crippen LogP contribution is 2.47. The van der Waals surface area contributed by atoms with E-state index in [-0.39, 0.29) is 24.4 Å². The minimum Gasteiger partial charge on any atom is -0.492 e. The Balaban J connectivity index is 1.92. The van der Waals surface area contributed by atoms with Crippen LogP contribution in [0.4, 0.5) is 0 Å². The van der Waals surface area contributed by atoms with Gasteiger partial charge in [-0.15, -0.1) is 0 Å². The highest BCUT2D eigenvalue weighted by Gasteiger charge is 2.37. The average molecular weight is 334 g/mol. The minimum atomic E-state index is 0.0117. The first-order valence-electron chi connectivity index (χ1n) is 8.34. The molecular weight excluding hydrogens is 310 g/mol. The molecule has 0 saturated heterocycles. The number of nitrogens with one attached hydrogen (secondary N) is 1. The summed E-state index contributed by atoms with van der Waals surface area (Å²) in [6.07, 6.45) is 1.94. The number of rotatable bonds is 6. The summed E-state index contributed by atoms with van der Waals surface area (Å²) < 4.78 is 16.7. The van der Waals surface area contributed by atoms with Crippen LogP contribution in [0.15, 0.2) is 6.07 Å². The topological polar surface area (TPSA) is 66.3 Å². The number of fused-ring (bicyclic) bond motifs is 2. The quantitative estimate of drug-likeness (QED) is 0.836. The molecule has 0 radical (unpaired) electrons. The average Bonchev–Trinajstić information content (AvgIpc) is 3.01. The first-order chi connectivity index (χ1) is 11.5. The zero-order valence-corrected chi connectivity index (χ0v) is 14.4. The second kappa shape index (κ2) is 6.81. The largest absolute Gasteiger partial charge is 0.492 e. The lowest BCUT2D eigenvalue weighted by Crippen LogP contribution is -3.10. The number of ketones is 2. The van der Waals surface area contributed by atoms with Gasteiger partial charge in [-0.05, 0) is 18.6 Å². The molecule has 0 bridgehead atoms. The van der Waals surface area contributed by atoms with Crippen LogP contribution in [0.1, 0.15) is 43.4 Å². The van der Waals surface area contributed by atoms with Crippen LogP contribution in [-0.2, 0) is 16.0 Å². The van der Waals surface area contributed by atoms with Crippen molar-refractivity contribution in [3.05, 3.63) is 17.2 Å². The Morgan fingerprint density at radius 1 is 1.33 bits per heavy atom. The molecule has 1 unspecified atom stereocenters. The van der Waals surface area contributed by atoms with E-state index in [1.807, 2.05) is 6.07 Å². The Hall–Kier alpha value is -2.08. The normalized spacial score (nSPS) is 21.3. The summed E-state index contributed by atoms with van der Waals surface area (Å²) in [6.45, 7) is 2.66. The van der Waals surface area contributed by atoms with Gasteiger partial charge in [0.2, 0.25) is 12.5 Å². The van der Waals surface area contributed by atoms with Crippen molar-refractivity contribution in [2.24, 2.45) is 0 Å². The van der Waals surface area contributed by atoms with Gasteiger partial charge in [-0.1, -0.05) is 0 Å². The Morgan fingerprint density at radius 2 is 2.12 bits per heavy atom. The van der Waals surface area contributed by atoms with E-state index in [0.717, 1.165) is 24.1 Å². The molecule has 130 valence electrons. The van der Waals surface area contributed by atoms with Gasteiger partial charge in [0.1, 0.15) is 17.6 Å². The third-order valence-corrected chi connectivity index (χ3v) is 4.87. The van der Waals surface area contributed by atoms with Gasteiger partial charge in [0.15, 0.2) is 11.5 Å². The molecule has 1 aromatic carbocycles. The number of quaternary nitrogens is 1. The second-order valence-electron chi connectivity index (χ2n) is 6.56. The van der Waals surface area contributed by atoms with E-state index in [9.17, 15) is 9.59 Å². The summed E-state index contributed by atoms with van der Waals surface area (Å²) in [5, 5.41) is 0. The lowest BCUT2D eigenvalue weighted by Gasteiger charge is -2.32. The van der Waals surface area contributed by atoms with Crippen molar-refractivity contribution >= 4 is 11.6 Å². The van der Waals surface area contributed by atoms with Crippen LogP contribution in [-0.4, -0.2) is 39.1 Å². The molecule has 0 spiro atoms. The number of likely N-dealkylation sites (N-methyl/N-ethyl adjacent to an activating group) is 1. The SMILES string of the molecule is COc1c2c(cc3c1[C@H](CC(=O)CCC(C)=O)[NH+](C)CC3)OCO2. The fraction of sp³-hybridized carbons (Fsp3) is 0.556. The maximum Gasteiger partial charge on any atom is 0.231 e. The lowest BCUT2D eigenvalue weighted by molar-refractivity contribution is -0.914. The van der Waals surface area contributed by atoms with E-state index < -0.39 is 0 Å². The lowest BCUT2D eigenvalue weighted by atomic mass is 9.88. The van der Waals surface area contributed by atoms with Crippen LogP contribution < -0.4 is 19.1 Å². The van der Waals surface area contributed by atoms with Crippen LogP contribution in [0.2, 0.25) is 0 Å². The summed E-state index contributed by atoms with van der Waals surface area (Å²) in [7, 11) is 3.71. The predicted octanol–water partition coefficient (Wildman–Crippen LogP) is 0.864. The molecule has 0 saturated carbocycles. The van der Waals surface area contributed by atoms with Crippen molar-refractivity contribution in [2.75, 3.05) is 27.5 Å². The molecule has 1 aromatic rings. The van der Waals surface area contributed by atoms with Gasteiger partial charge in [0.25, 0.3) is 0 Å². The van der Waals surface area contributed by atoms with E-state index in [2.05, 4.69) is 7.05 Å². The minimum absolute atomic E-state index is 0.0117. The molecule has 0 aromatic heterocycles. The first-order valence-corrected chi connectivity index (χ1v) is 8.34. The fourth-order valence-electron chi connectivity index (χ4n) is 3.54. The van der Waals surface area contributed by atoms with Gasteiger partial charge < -0.3 is 23.9 Å². The molecule has 6 heteroatoms. The maximum atomic E-state index is 12.3. The van der Waals surface area contributed by atoms with Crippen molar-refractivity contribution in [3.63, 3.8) is 0 Å². The molecule has 1 N–H and O–H groups in total. The Kier molecular flexibility index (Phi) is 4.76. The predicted molar refractivity (Wildman–Crippen MR) is 86.9 cm³/mol. The smallest absolute Gasteiger partial charge is 0.231 e. The highest BCUT2D eigenvalue weighted by molar-refractivity contribution is 5.85. The number of Topliss-reactive ketones (excluding diaryl/α,β-unsaturated/α-hetero) is 2. The Morgan fingerprint density at radius 3 is 2.83 bits per heavy atom. The Labute approximate surface area is 141 Å². The highest BCUT2D eigenvalue weighted by atomic mass is 16.7. The van der Waals surface area contributed by atoms with Gasteiger partial charge in [0, 0.05) is 19.3 Å². The van der Waals surface area contributed by atoms with Crippen LogP contribution in [0.3, 0.4) is 0 Å². The number of ether oxygens (including phenoxy) is 3. The van der Waals surface area contributed by atoms with Crippen molar-refractivity contribution in [2.45, 2.75) is 38.6 Å². The van der Waals surface area contributed by atoms with E-state index in [1.165, 1.54) is 11.8 Å². The first kappa shape index (κ1) is 16.8. The van der Waals surface area contributed by atoms with Gasteiger partial charge in [-0.3, -0.25) is 4.79 Å². The van der Waals surface area contributed by atoms with Crippen LogP contribution in [0.5, 0.6) is 17.2 Å². The summed E-state index contributed by atoms with van der Waals surface area (Å²) >= 11 is 0. The summed E-state index contributed by atoms with van der Waals surface area (Å²) in [6, 6.07) is 2.03. The maximum absolute atomic E-state index is 12.3. The van der Waals surface area contributed by atoms with Crippen molar-refractivity contribution in [1.29, 1.82) is 0 Å². The van der Waals surface area contributed by atoms with Crippen LogP contribution in [0.25, 0.3) is 0 Å². The number of benzene rings is 1. The number of methoxy groups -OCH3 is 1. The molecule has 2 atom stereocenters. The van der Waals surface area contributed by atoms with Crippen LogP contribution in [0, 0.1) is 0 Å². The third-order valence-electron chi connectivity index (χ3n) is 4.87. The van der Waals surface area contributed by atoms with Crippen LogP contribution >= 0.6 is 0 Å². The molecule has 0 fully saturated rings. The molecule has 24 heavy (non-hydrogen) atoms. The summed E-state index contributed by atoms with van der Waals surface area (Å²) in [5.74, 6) is 2.19. The van der Waals surface area contributed by atoms with Crippen molar-refractivity contribution < 1.29 is 28.7 Å². The van der Waals surface area contributed by atoms with E-state index in [4.69, 9.17) is 14.2 Å². The summed E-state index contributed by atoms with van der Waals surface area (Å²) in [5.41, 5.74) is 2.20. The second-order valence-corrected chi connectivity index (χ2v) is 6.56. The van der Waals surface area contributed by atoms with Gasteiger partial charge in [-0.2, -0.15) is 0 Å². The Bertz CT molecular complexity index is 670. The molecule has 2 aliphatic rings. The molecule has 2 aliphatic heterocycles. The fourth-order valence-corrected chi connectivity index (χ4v) is 3.54. The monoisotopic (exact) mass is 334 g/mol. The molecule has 0 amide bonds. The molecule has 0 aliphatic carbocycles. The zero-order valence-electron chi connectivity index (χ0n) is 14.4. The molecule has 2 heterocycles.